The summed E-state index contributed by atoms with van der Waals surface area (Å²) in [6.07, 6.45) is 5.77. The number of carbonyl (C=O) groups is 1. The number of hydrogen-bond donors (Lipinski definition) is 2. The van der Waals surface area contributed by atoms with Crippen LogP contribution in [0.25, 0.3) is 0 Å². The average molecular weight is 295 g/mol. The van der Waals surface area contributed by atoms with Crippen LogP contribution < -0.4 is 15.5 Å². The molecule has 0 saturated heterocycles. The summed E-state index contributed by atoms with van der Waals surface area (Å²) in [4.78, 5) is 23.1. The molecule has 22 heavy (non-hydrogen) atoms. The van der Waals surface area contributed by atoms with E-state index in [0.717, 1.165) is 17.3 Å². The zero-order valence-electron chi connectivity index (χ0n) is 12.1. The molecule has 0 atom stereocenters. The molecule has 1 saturated carbocycles. The smallest absolute Gasteiger partial charge is 0.260 e. The van der Waals surface area contributed by atoms with Crippen LogP contribution in [0.1, 0.15) is 23.2 Å². The fourth-order valence-electron chi connectivity index (χ4n) is 2.57. The minimum Gasteiger partial charge on any atom is -0.367 e. The van der Waals surface area contributed by atoms with Crippen LogP contribution in [0.4, 0.5) is 17.3 Å². The fourth-order valence-corrected chi connectivity index (χ4v) is 2.57. The Hall–Kier alpha value is -2.63. The first-order chi connectivity index (χ1) is 10.8. The van der Waals surface area contributed by atoms with E-state index in [0.29, 0.717) is 24.7 Å². The van der Waals surface area contributed by atoms with Crippen molar-refractivity contribution in [2.45, 2.75) is 18.9 Å². The Bertz CT molecular complexity index is 696. The number of nitrogens with zero attached hydrogens (tertiary/aromatic N) is 3. The minimum absolute atomic E-state index is 0.0405. The van der Waals surface area contributed by atoms with Gasteiger partial charge in [-0.25, -0.2) is 9.97 Å². The van der Waals surface area contributed by atoms with Gasteiger partial charge in [0.25, 0.3) is 5.91 Å². The zero-order valence-corrected chi connectivity index (χ0v) is 12.1. The van der Waals surface area contributed by atoms with Crippen molar-refractivity contribution in [3.63, 3.8) is 0 Å². The number of aromatic nitrogens is 2. The molecule has 1 aliphatic carbocycles. The van der Waals surface area contributed by atoms with Gasteiger partial charge in [-0.15, -0.1) is 0 Å². The van der Waals surface area contributed by atoms with Crippen LogP contribution in [0.15, 0.2) is 36.7 Å². The van der Waals surface area contributed by atoms with Crippen molar-refractivity contribution in [2.24, 2.45) is 0 Å². The van der Waals surface area contributed by atoms with Crippen LogP contribution in [0.3, 0.4) is 0 Å². The molecule has 0 radical (unpaired) electrons. The van der Waals surface area contributed by atoms with Gasteiger partial charge in [-0.1, -0.05) is 0 Å². The SMILES string of the molecule is O=C(c1ccc(NC2CC2)nc1)N1CCNc2ncccc21. The Balaban J connectivity index is 1.56. The molecular weight excluding hydrogens is 278 g/mol. The molecule has 1 amide bonds. The van der Waals surface area contributed by atoms with E-state index in [1.54, 1.807) is 17.3 Å². The first-order valence-electron chi connectivity index (χ1n) is 7.54. The Morgan fingerprint density at radius 1 is 1.27 bits per heavy atom. The Morgan fingerprint density at radius 2 is 2.18 bits per heavy atom. The summed E-state index contributed by atoms with van der Waals surface area (Å²) in [6.45, 7) is 1.32. The van der Waals surface area contributed by atoms with Crippen molar-refractivity contribution < 1.29 is 4.79 Å². The van der Waals surface area contributed by atoms with Crippen LogP contribution >= 0.6 is 0 Å². The second kappa shape index (κ2) is 5.29. The number of hydrogen-bond acceptors (Lipinski definition) is 5. The molecule has 0 unspecified atom stereocenters. The second-order valence-electron chi connectivity index (χ2n) is 5.61. The molecule has 0 bridgehead atoms. The lowest BCUT2D eigenvalue weighted by Gasteiger charge is -2.29. The van der Waals surface area contributed by atoms with Gasteiger partial charge in [0, 0.05) is 31.5 Å². The lowest BCUT2D eigenvalue weighted by atomic mass is 10.2. The van der Waals surface area contributed by atoms with Crippen LogP contribution in [0.2, 0.25) is 0 Å². The fraction of sp³-hybridized carbons (Fsp3) is 0.312. The highest BCUT2D eigenvalue weighted by Crippen LogP contribution is 2.28. The number of pyridine rings is 2. The van der Waals surface area contributed by atoms with E-state index in [1.807, 2.05) is 24.3 Å². The van der Waals surface area contributed by atoms with Gasteiger partial charge in [-0.05, 0) is 37.1 Å². The standard InChI is InChI=1S/C16H17N5O/c22-16(11-3-6-14(19-10-11)20-12-4-5-12)21-9-8-18-15-13(21)2-1-7-17-15/h1-3,6-7,10,12H,4-5,8-9H2,(H,17,18)(H,19,20). The molecule has 6 nitrogen and oxygen atoms in total. The lowest BCUT2D eigenvalue weighted by molar-refractivity contribution is 0.0987. The third-order valence-electron chi connectivity index (χ3n) is 3.89. The molecule has 1 aliphatic heterocycles. The van der Waals surface area contributed by atoms with Gasteiger partial charge < -0.3 is 15.5 Å². The highest BCUT2D eigenvalue weighted by Gasteiger charge is 2.25. The first kappa shape index (κ1) is 13.1. The van der Waals surface area contributed by atoms with Gasteiger partial charge in [0.05, 0.1) is 11.3 Å². The Morgan fingerprint density at radius 3 is 2.95 bits per heavy atom. The molecule has 2 aromatic heterocycles. The zero-order chi connectivity index (χ0) is 14.9. The van der Waals surface area contributed by atoms with Gasteiger partial charge in [0.15, 0.2) is 0 Å². The number of nitrogens with one attached hydrogen (secondary N) is 2. The monoisotopic (exact) mass is 295 g/mol. The summed E-state index contributed by atoms with van der Waals surface area (Å²) >= 11 is 0. The van der Waals surface area contributed by atoms with E-state index < -0.39 is 0 Å². The highest BCUT2D eigenvalue weighted by atomic mass is 16.2. The van der Waals surface area contributed by atoms with E-state index in [-0.39, 0.29) is 5.91 Å². The maximum Gasteiger partial charge on any atom is 0.260 e. The van der Waals surface area contributed by atoms with Gasteiger partial charge in [0.1, 0.15) is 11.6 Å². The number of rotatable bonds is 3. The molecule has 2 N–H and O–H groups in total. The summed E-state index contributed by atoms with van der Waals surface area (Å²) in [5, 5.41) is 6.53. The molecule has 3 heterocycles. The summed E-state index contributed by atoms with van der Waals surface area (Å²) < 4.78 is 0. The lowest BCUT2D eigenvalue weighted by Crippen LogP contribution is -2.39. The van der Waals surface area contributed by atoms with Crippen molar-refractivity contribution in [1.29, 1.82) is 0 Å². The van der Waals surface area contributed by atoms with Crippen molar-refractivity contribution >= 4 is 23.2 Å². The molecule has 6 heteroatoms. The number of carbonyl (C=O) groups excluding carboxylic acids is 1. The topological polar surface area (TPSA) is 70.2 Å². The van der Waals surface area contributed by atoms with E-state index in [1.165, 1.54) is 12.8 Å². The van der Waals surface area contributed by atoms with Crippen molar-refractivity contribution in [3.05, 3.63) is 42.2 Å². The summed E-state index contributed by atoms with van der Waals surface area (Å²) in [5.74, 6) is 1.55. The van der Waals surface area contributed by atoms with Crippen molar-refractivity contribution in [3.8, 4) is 0 Å². The summed E-state index contributed by atoms with van der Waals surface area (Å²) in [5.41, 5.74) is 1.41. The van der Waals surface area contributed by atoms with Crippen LogP contribution in [0, 0.1) is 0 Å². The highest BCUT2D eigenvalue weighted by molar-refractivity contribution is 6.07. The Kier molecular flexibility index (Phi) is 3.14. The van der Waals surface area contributed by atoms with Crippen LogP contribution in [0.5, 0.6) is 0 Å². The number of amides is 1. The van der Waals surface area contributed by atoms with Crippen molar-refractivity contribution in [2.75, 3.05) is 28.6 Å². The van der Waals surface area contributed by atoms with Gasteiger partial charge in [-0.2, -0.15) is 0 Å². The van der Waals surface area contributed by atoms with E-state index in [2.05, 4.69) is 20.6 Å². The largest absolute Gasteiger partial charge is 0.367 e. The number of fused-ring (bicyclic) bond motifs is 1. The van der Waals surface area contributed by atoms with Gasteiger partial charge in [0.2, 0.25) is 0 Å². The van der Waals surface area contributed by atoms with E-state index in [4.69, 9.17) is 0 Å². The van der Waals surface area contributed by atoms with Crippen LogP contribution in [-0.2, 0) is 0 Å². The molecule has 2 aromatic rings. The quantitative estimate of drug-likeness (QED) is 0.907. The van der Waals surface area contributed by atoms with E-state index in [9.17, 15) is 4.79 Å². The van der Waals surface area contributed by atoms with Gasteiger partial charge in [-0.3, -0.25) is 4.79 Å². The summed E-state index contributed by atoms with van der Waals surface area (Å²) in [6, 6.07) is 8.01. The predicted octanol–water partition coefficient (Wildman–Crippen LogP) is 2.12. The third-order valence-corrected chi connectivity index (χ3v) is 3.89. The maximum atomic E-state index is 12.7. The van der Waals surface area contributed by atoms with E-state index >= 15 is 0 Å². The molecule has 4 rings (SSSR count). The maximum absolute atomic E-state index is 12.7. The molecular formula is C16H17N5O. The number of anilines is 3. The first-order valence-corrected chi connectivity index (χ1v) is 7.54. The minimum atomic E-state index is -0.0405. The van der Waals surface area contributed by atoms with Gasteiger partial charge >= 0.3 is 0 Å². The second-order valence-corrected chi connectivity index (χ2v) is 5.61. The molecule has 2 aliphatic rings. The molecule has 0 aromatic carbocycles. The normalized spacial score (nSPS) is 16.6. The molecule has 112 valence electrons. The Labute approximate surface area is 128 Å². The summed E-state index contributed by atoms with van der Waals surface area (Å²) in [7, 11) is 0. The molecule has 1 fully saturated rings. The van der Waals surface area contributed by atoms with Crippen LogP contribution in [-0.4, -0.2) is 35.0 Å². The van der Waals surface area contributed by atoms with Crippen molar-refractivity contribution in [1.82, 2.24) is 9.97 Å². The third kappa shape index (κ3) is 2.47. The predicted molar refractivity (Wildman–Crippen MR) is 85.3 cm³/mol. The molecule has 0 spiro atoms. The average Bonchev–Trinajstić information content (AvgIpc) is 3.38.